The van der Waals surface area contributed by atoms with E-state index < -0.39 is 30.0 Å². The van der Waals surface area contributed by atoms with Gasteiger partial charge in [-0.05, 0) is 159 Å². The molecule has 8 nitrogen and oxygen atoms in total. The lowest BCUT2D eigenvalue weighted by Crippen LogP contribution is -2.67. The monoisotopic (exact) mass is 761 g/mol. The molecule has 5 N–H and O–H groups in total. The van der Waals surface area contributed by atoms with E-state index in [2.05, 4.69) is 58.8 Å². The molecule has 12 atom stereocenters. The number of hydrogen-bond donors (Lipinski definition) is 5. The van der Waals surface area contributed by atoms with Crippen LogP contribution in [0.2, 0.25) is 0 Å². The Kier molecular flexibility index (Phi) is 11.6. The minimum absolute atomic E-state index is 0.0699. The highest BCUT2D eigenvalue weighted by Crippen LogP contribution is 2.77. The number of aliphatic hydroxyl groups excluding tert-OH is 2. The smallest absolute Gasteiger partial charge is 0.306 e. The van der Waals surface area contributed by atoms with E-state index in [-0.39, 0.29) is 51.4 Å². The number of carboxylic acids is 1. The van der Waals surface area contributed by atoms with Crippen LogP contribution in [0.4, 0.5) is 0 Å². The molecule has 5 fully saturated rings. The van der Waals surface area contributed by atoms with Crippen LogP contribution in [-0.2, 0) is 16.0 Å². The molecular weight excluding hydrogens is 689 g/mol. The molecule has 8 heteroatoms. The summed E-state index contributed by atoms with van der Waals surface area (Å²) in [6, 6.07) is 6.70. The minimum Gasteiger partial charge on any atom is -0.481 e. The first-order chi connectivity index (χ1) is 25.7. The molecule has 4 unspecified atom stereocenters. The van der Waals surface area contributed by atoms with Gasteiger partial charge in [0.1, 0.15) is 0 Å². The number of amides is 2. The van der Waals surface area contributed by atoms with Crippen molar-refractivity contribution in [2.75, 3.05) is 6.54 Å². The first kappa shape index (κ1) is 41.9. The Balaban J connectivity index is 1.16. The molecule has 0 radical (unpaired) electrons. The molecule has 0 saturated heterocycles. The number of aliphatic hydroxyl groups is 2. The zero-order valence-electron chi connectivity index (χ0n) is 35.2. The normalized spacial score (nSPS) is 38.7. The number of hydrogen-bond acceptors (Lipinski definition) is 5. The molecule has 0 aliphatic heterocycles. The van der Waals surface area contributed by atoms with Crippen LogP contribution in [0, 0.1) is 62.6 Å². The van der Waals surface area contributed by atoms with Crippen LogP contribution in [0.3, 0.4) is 0 Å². The molecule has 55 heavy (non-hydrogen) atoms. The van der Waals surface area contributed by atoms with Gasteiger partial charge in [-0.3, -0.25) is 14.4 Å². The lowest BCUT2D eigenvalue weighted by molar-refractivity contribution is -0.246. The summed E-state index contributed by atoms with van der Waals surface area (Å²) in [5.41, 5.74) is 2.67. The molecule has 6 rings (SSSR count). The molecule has 0 aromatic heterocycles. The van der Waals surface area contributed by atoms with E-state index in [4.69, 9.17) is 0 Å². The molecule has 306 valence electrons. The molecule has 5 aliphatic carbocycles. The van der Waals surface area contributed by atoms with Gasteiger partial charge in [0.15, 0.2) is 0 Å². The van der Waals surface area contributed by atoms with Crippen LogP contribution in [0.15, 0.2) is 36.4 Å². The SMILES string of the molecule is C=C(C)[C@@H]1CC[C@]2(C(=O)NCCc3cccc(C(=O)N[C@@H](CC(C)C)[C@@H](O)CC(=O)O)c3)CC[C@]3(C)C(CCC4[C@@]5(C)CC[C@H](O)C(C)(C)C5CC[C@]43C)C12. The van der Waals surface area contributed by atoms with Crippen molar-refractivity contribution < 1.29 is 29.7 Å². The molecule has 1 aromatic carbocycles. The maximum absolute atomic E-state index is 14.7. The molecule has 2 amide bonds. The van der Waals surface area contributed by atoms with Crippen molar-refractivity contribution in [3.05, 3.63) is 47.5 Å². The molecule has 0 bridgehead atoms. The fourth-order valence-corrected chi connectivity index (χ4v) is 14.3. The van der Waals surface area contributed by atoms with Gasteiger partial charge in [-0.15, -0.1) is 0 Å². The summed E-state index contributed by atoms with van der Waals surface area (Å²) < 4.78 is 0. The summed E-state index contributed by atoms with van der Waals surface area (Å²) in [6.07, 6.45) is 9.83. The quantitative estimate of drug-likeness (QED) is 0.136. The van der Waals surface area contributed by atoms with Crippen molar-refractivity contribution in [2.45, 2.75) is 157 Å². The molecular formula is C47H72N2O6. The average molecular weight is 761 g/mol. The number of aliphatic carboxylic acids is 1. The Bertz CT molecular complexity index is 1640. The van der Waals surface area contributed by atoms with Gasteiger partial charge in [0.25, 0.3) is 5.91 Å². The zero-order chi connectivity index (χ0) is 40.3. The Labute approximate surface area is 331 Å². The van der Waals surface area contributed by atoms with Gasteiger partial charge >= 0.3 is 5.97 Å². The van der Waals surface area contributed by atoms with E-state index in [1.165, 1.54) is 24.8 Å². The lowest BCUT2D eigenvalue weighted by Gasteiger charge is -2.72. The van der Waals surface area contributed by atoms with Gasteiger partial charge in [0, 0.05) is 12.1 Å². The van der Waals surface area contributed by atoms with Crippen LogP contribution in [0.25, 0.3) is 0 Å². The number of benzene rings is 1. The molecule has 0 spiro atoms. The third-order valence-electron chi connectivity index (χ3n) is 17.3. The fourth-order valence-electron chi connectivity index (χ4n) is 14.3. The van der Waals surface area contributed by atoms with Crippen molar-refractivity contribution in [1.29, 1.82) is 0 Å². The van der Waals surface area contributed by atoms with Crippen molar-refractivity contribution in [3.63, 3.8) is 0 Å². The Hall–Kier alpha value is -2.71. The van der Waals surface area contributed by atoms with Gasteiger partial charge < -0.3 is 26.0 Å². The van der Waals surface area contributed by atoms with E-state index in [1.54, 1.807) is 6.07 Å². The molecule has 5 saturated carbocycles. The maximum Gasteiger partial charge on any atom is 0.306 e. The van der Waals surface area contributed by atoms with Crippen LogP contribution >= 0.6 is 0 Å². The third kappa shape index (κ3) is 7.12. The number of carboxylic acid groups (broad SMARTS) is 1. The van der Waals surface area contributed by atoms with E-state index >= 15 is 0 Å². The first-order valence-corrected chi connectivity index (χ1v) is 21.6. The molecule has 0 heterocycles. The van der Waals surface area contributed by atoms with Crippen molar-refractivity contribution in [3.8, 4) is 0 Å². The standard InChI is InChI=1S/C47H72N2O6/c1-28(2)25-34(35(50)27-39(52)53)49-41(54)31-12-10-11-30(26-31)18-24-48-42(55)47-21-15-32(29(3)4)40(47)33-13-14-37-44(7)19-17-38(51)43(5,6)36(44)16-20-46(37,9)45(33,8)22-23-47/h10-12,26,28,32-38,40,50-51H,3,13-25,27H2,1-2,4-9H3,(H,48,55)(H,49,54)(H,52,53)/t32-,33?,34-,35-,36?,37?,38-,40?,44-,45+,46+,47-/m0/s1. The Morgan fingerprint density at radius 2 is 1.64 bits per heavy atom. The summed E-state index contributed by atoms with van der Waals surface area (Å²) in [7, 11) is 0. The van der Waals surface area contributed by atoms with Crippen molar-refractivity contribution >= 4 is 17.8 Å². The van der Waals surface area contributed by atoms with Crippen molar-refractivity contribution in [1.82, 2.24) is 10.6 Å². The first-order valence-electron chi connectivity index (χ1n) is 21.6. The number of carbonyl (C=O) groups is 3. The summed E-state index contributed by atoms with van der Waals surface area (Å²) in [6.45, 7) is 23.5. The third-order valence-corrected chi connectivity index (χ3v) is 17.3. The maximum atomic E-state index is 14.7. The van der Waals surface area contributed by atoms with E-state index in [9.17, 15) is 29.7 Å². The van der Waals surface area contributed by atoms with Gasteiger partial charge in [0.05, 0.1) is 30.1 Å². The van der Waals surface area contributed by atoms with Gasteiger partial charge in [-0.2, -0.15) is 0 Å². The number of rotatable bonds is 12. The predicted octanol–water partition coefficient (Wildman–Crippen LogP) is 8.34. The molecule has 5 aliphatic rings. The predicted molar refractivity (Wildman–Crippen MR) is 217 cm³/mol. The zero-order valence-corrected chi connectivity index (χ0v) is 35.2. The highest BCUT2D eigenvalue weighted by atomic mass is 16.4. The Morgan fingerprint density at radius 1 is 0.909 bits per heavy atom. The number of fused-ring (bicyclic) bond motifs is 7. The summed E-state index contributed by atoms with van der Waals surface area (Å²) >= 11 is 0. The second-order valence-corrected chi connectivity index (χ2v) is 20.8. The number of allylic oxidation sites excluding steroid dienone is 1. The van der Waals surface area contributed by atoms with E-state index in [1.807, 2.05) is 32.0 Å². The van der Waals surface area contributed by atoms with E-state index in [0.717, 1.165) is 50.5 Å². The number of nitrogens with one attached hydrogen (secondary N) is 2. The van der Waals surface area contributed by atoms with Crippen LogP contribution < -0.4 is 10.6 Å². The van der Waals surface area contributed by atoms with Crippen molar-refractivity contribution in [2.24, 2.45) is 62.6 Å². The van der Waals surface area contributed by atoms with Crippen LogP contribution in [0.5, 0.6) is 0 Å². The highest BCUT2D eigenvalue weighted by molar-refractivity contribution is 5.94. The summed E-state index contributed by atoms with van der Waals surface area (Å²) in [5.74, 6) is 1.12. The summed E-state index contributed by atoms with van der Waals surface area (Å²) in [4.78, 5) is 39.2. The topological polar surface area (TPSA) is 136 Å². The van der Waals surface area contributed by atoms with E-state index in [0.29, 0.717) is 48.6 Å². The fraction of sp³-hybridized carbons (Fsp3) is 0.766. The minimum atomic E-state index is -1.18. The van der Waals surface area contributed by atoms with Crippen LogP contribution in [0.1, 0.15) is 148 Å². The summed E-state index contributed by atoms with van der Waals surface area (Å²) in [5, 5.41) is 37.2. The average Bonchev–Trinajstić information content (AvgIpc) is 3.51. The Morgan fingerprint density at radius 3 is 2.31 bits per heavy atom. The lowest BCUT2D eigenvalue weighted by atomic mass is 9.32. The molecule has 1 aromatic rings. The second kappa shape index (κ2) is 15.2. The number of carbonyl (C=O) groups excluding carboxylic acids is 2. The van der Waals surface area contributed by atoms with Crippen LogP contribution in [-0.4, -0.2) is 57.9 Å². The van der Waals surface area contributed by atoms with Gasteiger partial charge in [0.2, 0.25) is 5.91 Å². The van der Waals surface area contributed by atoms with Gasteiger partial charge in [-0.1, -0.05) is 72.8 Å². The second-order valence-electron chi connectivity index (χ2n) is 20.8. The highest BCUT2D eigenvalue weighted by Gasteiger charge is 2.71. The van der Waals surface area contributed by atoms with Gasteiger partial charge in [-0.25, -0.2) is 0 Å². The largest absolute Gasteiger partial charge is 0.481 e.